The fraction of sp³-hybridized carbons (Fsp3) is 0.0476. The van der Waals surface area contributed by atoms with E-state index in [0.29, 0.717) is 6.54 Å². The number of pyridine rings is 1. The van der Waals surface area contributed by atoms with Gasteiger partial charge in [0.1, 0.15) is 5.82 Å². The predicted octanol–water partition coefficient (Wildman–Crippen LogP) is 4.88. The lowest BCUT2D eigenvalue weighted by molar-refractivity contribution is 0.626. The second-order valence-electron chi connectivity index (χ2n) is 5.94. The van der Waals surface area contributed by atoms with Gasteiger partial charge in [-0.2, -0.15) is 5.10 Å². The Morgan fingerprint density at radius 2 is 1.96 bits per heavy atom. The third-order valence-corrected chi connectivity index (χ3v) is 4.08. The van der Waals surface area contributed by atoms with Gasteiger partial charge in [-0.1, -0.05) is 18.2 Å². The molecule has 0 saturated carbocycles. The van der Waals surface area contributed by atoms with Crippen molar-refractivity contribution in [2.24, 2.45) is 0 Å². The smallest absolute Gasteiger partial charge is 0.123 e. The van der Waals surface area contributed by atoms with Crippen molar-refractivity contribution >= 4 is 28.7 Å². The Hall–Kier alpha value is -3.47. The average Bonchev–Trinajstić information content (AvgIpc) is 3.08. The number of anilines is 1. The predicted molar refractivity (Wildman–Crippen MR) is 103 cm³/mol. The van der Waals surface area contributed by atoms with Gasteiger partial charge in [-0.15, -0.1) is 0 Å². The highest BCUT2D eigenvalue weighted by molar-refractivity contribution is 5.91. The molecule has 0 fully saturated rings. The van der Waals surface area contributed by atoms with Crippen LogP contribution in [0.3, 0.4) is 0 Å². The highest BCUT2D eigenvalue weighted by Crippen LogP contribution is 2.22. The van der Waals surface area contributed by atoms with Crippen molar-refractivity contribution in [3.8, 4) is 0 Å². The average molecular weight is 344 g/mol. The van der Waals surface area contributed by atoms with Gasteiger partial charge in [0.2, 0.25) is 0 Å². The molecule has 0 radical (unpaired) electrons. The van der Waals surface area contributed by atoms with E-state index in [-0.39, 0.29) is 5.82 Å². The Morgan fingerprint density at radius 3 is 2.81 bits per heavy atom. The van der Waals surface area contributed by atoms with Gasteiger partial charge in [-0.3, -0.25) is 10.1 Å². The quantitative estimate of drug-likeness (QED) is 0.542. The number of nitrogens with zero attached hydrogens (tertiary/aromatic N) is 2. The Balaban J connectivity index is 1.55. The van der Waals surface area contributed by atoms with Gasteiger partial charge in [0.25, 0.3) is 0 Å². The lowest BCUT2D eigenvalue weighted by Gasteiger charge is -2.07. The van der Waals surface area contributed by atoms with Crippen LogP contribution in [-0.2, 0) is 6.54 Å². The highest BCUT2D eigenvalue weighted by atomic mass is 19.1. The molecule has 2 aromatic heterocycles. The van der Waals surface area contributed by atoms with E-state index in [2.05, 4.69) is 20.5 Å². The molecule has 0 bridgehead atoms. The first-order valence-electron chi connectivity index (χ1n) is 8.33. The third-order valence-electron chi connectivity index (χ3n) is 4.08. The van der Waals surface area contributed by atoms with E-state index >= 15 is 0 Å². The van der Waals surface area contributed by atoms with Crippen LogP contribution in [0, 0.1) is 5.82 Å². The summed E-state index contributed by atoms with van der Waals surface area (Å²) >= 11 is 0. The standard InChI is InChI=1S/C21H17FN4/c22-16-5-3-4-15(12-16)14-24-18-8-10-21-19(13-18)20(25-26-21)9-7-17-6-1-2-11-23-17/h1-13,24H,14H2,(H,25,26)/b9-7+. The lowest BCUT2D eigenvalue weighted by Crippen LogP contribution is -1.99. The molecule has 0 saturated heterocycles. The summed E-state index contributed by atoms with van der Waals surface area (Å²) in [5.74, 6) is -0.225. The molecule has 0 amide bonds. The summed E-state index contributed by atoms with van der Waals surface area (Å²) in [5.41, 5.74) is 4.54. The zero-order valence-electron chi connectivity index (χ0n) is 14.0. The number of nitrogens with one attached hydrogen (secondary N) is 2. The maximum absolute atomic E-state index is 13.3. The monoisotopic (exact) mass is 344 g/mol. The molecule has 4 aromatic rings. The molecule has 0 aliphatic heterocycles. The molecule has 0 unspecified atom stereocenters. The first-order valence-corrected chi connectivity index (χ1v) is 8.33. The van der Waals surface area contributed by atoms with Crippen LogP contribution in [0.1, 0.15) is 17.0 Å². The number of H-pyrrole nitrogens is 1. The van der Waals surface area contributed by atoms with Crippen LogP contribution in [0.15, 0.2) is 66.9 Å². The van der Waals surface area contributed by atoms with E-state index in [4.69, 9.17) is 0 Å². The summed E-state index contributed by atoms with van der Waals surface area (Å²) in [5, 5.41) is 11.7. The van der Waals surface area contributed by atoms with Gasteiger partial charge in [-0.05, 0) is 60.2 Å². The minimum Gasteiger partial charge on any atom is -0.381 e. The van der Waals surface area contributed by atoms with Crippen LogP contribution in [0.25, 0.3) is 23.1 Å². The number of hydrogen-bond acceptors (Lipinski definition) is 3. The maximum Gasteiger partial charge on any atom is 0.123 e. The number of aromatic nitrogens is 3. The topological polar surface area (TPSA) is 53.6 Å². The number of hydrogen-bond donors (Lipinski definition) is 2. The van der Waals surface area contributed by atoms with Crippen molar-refractivity contribution in [3.63, 3.8) is 0 Å². The Kier molecular flexibility index (Phi) is 4.43. The summed E-state index contributed by atoms with van der Waals surface area (Å²) in [6, 6.07) is 18.4. The van der Waals surface area contributed by atoms with Crippen molar-refractivity contribution in [1.29, 1.82) is 0 Å². The molecule has 128 valence electrons. The summed E-state index contributed by atoms with van der Waals surface area (Å²) < 4.78 is 13.3. The van der Waals surface area contributed by atoms with Crippen molar-refractivity contribution in [1.82, 2.24) is 15.2 Å². The molecule has 0 aliphatic rings. The lowest BCUT2D eigenvalue weighted by atomic mass is 10.1. The van der Waals surface area contributed by atoms with E-state index in [1.165, 1.54) is 12.1 Å². The molecular weight excluding hydrogens is 327 g/mol. The molecular formula is C21H17FN4. The molecule has 0 spiro atoms. The molecule has 2 heterocycles. The zero-order valence-corrected chi connectivity index (χ0v) is 14.0. The second kappa shape index (κ2) is 7.19. The van der Waals surface area contributed by atoms with Crippen molar-refractivity contribution in [3.05, 3.63) is 89.6 Å². The summed E-state index contributed by atoms with van der Waals surface area (Å²) in [4.78, 5) is 4.28. The van der Waals surface area contributed by atoms with E-state index < -0.39 is 0 Å². The first kappa shape index (κ1) is 16.0. The first-order chi connectivity index (χ1) is 12.8. The van der Waals surface area contributed by atoms with Gasteiger partial charge in [0.05, 0.1) is 16.9 Å². The number of fused-ring (bicyclic) bond motifs is 1. The van der Waals surface area contributed by atoms with Crippen LogP contribution in [0.5, 0.6) is 0 Å². The molecule has 2 N–H and O–H groups in total. The molecule has 2 aromatic carbocycles. The van der Waals surface area contributed by atoms with Gasteiger partial charge >= 0.3 is 0 Å². The molecule has 0 atom stereocenters. The Bertz CT molecular complexity index is 1050. The number of rotatable bonds is 5. The second-order valence-corrected chi connectivity index (χ2v) is 5.94. The van der Waals surface area contributed by atoms with Crippen molar-refractivity contribution < 1.29 is 4.39 Å². The van der Waals surface area contributed by atoms with Crippen LogP contribution < -0.4 is 5.32 Å². The van der Waals surface area contributed by atoms with E-state index in [0.717, 1.165) is 33.5 Å². The third kappa shape index (κ3) is 3.62. The zero-order chi connectivity index (χ0) is 17.8. The van der Waals surface area contributed by atoms with E-state index in [9.17, 15) is 4.39 Å². The van der Waals surface area contributed by atoms with Crippen LogP contribution in [0.4, 0.5) is 10.1 Å². The van der Waals surface area contributed by atoms with Gasteiger partial charge < -0.3 is 5.32 Å². The Morgan fingerprint density at radius 1 is 1.00 bits per heavy atom. The molecule has 4 nitrogen and oxygen atoms in total. The summed E-state index contributed by atoms with van der Waals surface area (Å²) in [7, 11) is 0. The number of halogens is 1. The fourth-order valence-corrected chi connectivity index (χ4v) is 2.76. The van der Waals surface area contributed by atoms with Gasteiger partial charge in [0.15, 0.2) is 0 Å². The van der Waals surface area contributed by atoms with Crippen LogP contribution in [0.2, 0.25) is 0 Å². The SMILES string of the molecule is Fc1cccc(CNc2ccc3[nH]nc(/C=C/c4ccccn4)c3c2)c1. The molecule has 0 aliphatic carbocycles. The van der Waals surface area contributed by atoms with Crippen molar-refractivity contribution in [2.45, 2.75) is 6.54 Å². The Labute approximate surface area is 150 Å². The number of aromatic amines is 1. The van der Waals surface area contributed by atoms with E-state index in [1.54, 1.807) is 12.3 Å². The fourth-order valence-electron chi connectivity index (χ4n) is 2.76. The maximum atomic E-state index is 13.3. The minimum absolute atomic E-state index is 0.225. The largest absolute Gasteiger partial charge is 0.381 e. The molecule has 4 rings (SSSR count). The minimum atomic E-state index is -0.225. The normalized spacial score (nSPS) is 11.3. The molecule has 5 heteroatoms. The summed E-state index contributed by atoms with van der Waals surface area (Å²) in [6.07, 6.45) is 5.64. The van der Waals surface area contributed by atoms with Crippen LogP contribution >= 0.6 is 0 Å². The highest BCUT2D eigenvalue weighted by Gasteiger charge is 2.04. The number of benzene rings is 2. The van der Waals surface area contributed by atoms with Crippen LogP contribution in [-0.4, -0.2) is 15.2 Å². The van der Waals surface area contributed by atoms with Crippen molar-refractivity contribution in [2.75, 3.05) is 5.32 Å². The van der Waals surface area contributed by atoms with Gasteiger partial charge in [-0.25, -0.2) is 4.39 Å². The van der Waals surface area contributed by atoms with E-state index in [1.807, 2.05) is 54.6 Å². The summed E-state index contributed by atoms with van der Waals surface area (Å²) in [6.45, 7) is 0.556. The van der Waals surface area contributed by atoms with Gasteiger partial charge in [0, 0.05) is 23.8 Å². The molecule has 26 heavy (non-hydrogen) atoms.